The van der Waals surface area contributed by atoms with Crippen LogP contribution >= 0.6 is 11.3 Å². The molecule has 17 heavy (non-hydrogen) atoms. The SMILES string of the molecule is CCCC1(CNCc2ncc(C)s2)CCCN1. The third kappa shape index (κ3) is 3.50. The third-order valence-corrected chi connectivity index (χ3v) is 4.38. The second kappa shape index (κ2) is 5.94. The zero-order chi connectivity index (χ0) is 12.1. The highest BCUT2D eigenvalue weighted by atomic mass is 32.1. The first kappa shape index (κ1) is 13.0. The molecule has 1 saturated heterocycles. The molecular weight excluding hydrogens is 230 g/mol. The molecule has 2 N–H and O–H groups in total. The first-order valence-electron chi connectivity index (χ1n) is 6.61. The van der Waals surface area contributed by atoms with Crippen LogP contribution in [0, 0.1) is 6.92 Å². The van der Waals surface area contributed by atoms with E-state index in [1.54, 1.807) is 11.3 Å². The zero-order valence-corrected chi connectivity index (χ0v) is 11.7. The molecule has 2 heterocycles. The predicted molar refractivity (Wildman–Crippen MR) is 73.4 cm³/mol. The summed E-state index contributed by atoms with van der Waals surface area (Å²) in [5, 5.41) is 8.45. The van der Waals surface area contributed by atoms with Gasteiger partial charge < -0.3 is 10.6 Å². The standard InChI is InChI=1S/C13H23N3S/c1-3-5-13(6-4-7-16-13)10-14-9-12-15-8-11(2)17-12/h8,14,16H,3-7,9-10H2,1-2H3. The van der Waals surface area contributed by atoms with Gasteiger partial charge in [0.1, 0.15) is 5.01 Å². The molecule has 0 radical (unpaired) electrons. The molecule has 1 fully saturated rings. The summed E-state index contributed by atoms with van der Waals surface area (Å²) in [6, 6.07) is 0. The first-order chi connectivity index (χ1) is 8.24. The molecule has 1 aliphatic heterocycles. The first-order valence-corrected chi connectivity index (χ1v) is 7.43. The molecule has 2 rings (SSSR count). The smallest absolute Gasteiger partial charge is 0.107 e. The topological polar surface area (TPSA) is 37.0 Å². The second-order valence-corrected chi connectivity index (χ2v) is 6.35. The molecule has 1 unspecified atom stereocenters. The maximum absolute atomic E-state index is 4.38. The summed E-state index contributed by atoms with van der Waals surface area (Å²) in [7, 11) is 0. The van der Waals surface area contributed by atoms with Gasteiger partial charge >= 0.3 is 0 Å². The van der Waals surface area contributed by atoms with Crippen molar-refractivity contribution in [2.24, 2.45) is 0 Å². The number of rotatable bonds is 6. The Hall–Kier alpha value is -0.450. The highest BCUT2D eigenvalue weighted by Gasteiger charge is 2.31. The Morgan fingerprint density at radius 1 is 1.59 bits per heavy atom. The van der Waals surface area contributed by atoms with Crippen LogP contribution in [0.15, 0.2) is 6.20 Å². The Labute approximate surface area is 108 Å². The lowest BCUT2D eigenvalue weighted by Gasteiger charge is -2.29. The lowest BCUT2D eigenvalue weighted by molar-refractivity contribution is 0.324. The van der Waals surface area contributed by atoms with Crippen molar-refractivity contribution in [1.82, 2.24) is 15.6 Å². The van der Waals surface area contributed by atoms with E-state index in [0.717, 1.165) is 13.1 Å². The van der Waals surface area contributed by atoms with Gasteiger partial charge in [-0.1, -0.05) is 13.3 Å². The Kier molecular flexibility index (Phi) is 4.54. The molecule has 0 saturated carbocycles. The molecule has 1 aliphatic rings. The Morgan fingerprint density at radius 2 is 2.47 bits per heavy atom. The molecule has 1 aromatic heterocycles. The van der Waals surface area contributed by atoms with Gasteiger partial charge in [0.05, 0.1) is 0 Å². The number of nitrogens with one attached hydrogen (secondary N) is 2. The van der Waals surface area contributed by atoms with Crippen LogP contribution in [0.3, 0.4) is 0 Å². The number of aryl methyl sites for hydroxylation is 1. The molecule has 0 spiro atoms. The van der Waals surface area contributed by atoms with E-state index in [2.05, 4.69) is 29.5 Å². The predicted octanol–water partition coefficient (Wildman–Crippen LogP) is 2.46. The monoisotopic (exact) mass is 253 g/mol. The second-order valence-electron chi connectivity index (χ2n) is 5.03. The summed E-state index contributed by atoms with van der Waals surface area (Å²) in [5.74, 6) is 0. The molecule has 96 valence electrons. The molecule has 4 heteroatoms. The maximum Gasteiger partial charge on any atom is 0.107 e. The largest absolute Gasteiger partial charge is 0.310 e. The van der Waals surface area contributed by atoms with Gasteiger partial charge in [-0.2, -0.15) is 0 Å². The summed E-state index contributed by atoms with van der Waals surface area (Å²) in [6.45, 7) is 7.54. The van der Waals surface area contributed by atoms with Crippen molar-refractivity contribution in [3.8, 4) is 0 Å². The van der Waals surface area contributed by atoms with E-state index in [1.165, 1.54) is 42.1 Å². The van der Waals surface area contributed by atoms with E-state index in [9.17, 15) is 0 Å². The third-order valence-electron chi connectivity index (χ3n) is 3.47. The van der Waals surface area contributed by atoms with Gasteiger partial charge in [-0.25, -0.2) is 4.98 Å². The van der Waals surface area contributed by atoms with Crippen LogP contribution in [0.25, 0.3) is 0 Å². The van der Waals surface area contributed by atoms with Crippen molar-refractivity contribution in [3.63, 3.8) is 0 Å². The van der Waals surface area contributed by atoms with Crippen LogP contribution in [0.1, 0.15) is 42.5 Å². The molecule has 3 nitrogen and oxygen atoms in total. The number of aromatic nitrogens is 1. The van der Waals surface area contributed by atoms with Crippen molar-refractivity contribution in [2.45, 2.75) is 51.6 Å². The van der Waals surface area contributed by atoms with E-state index in [0.29, 0.717) is 5.54 Å². The van der Waals surface area contributed by atoms with Crippen LogP contribution < -0.4 is 10.6 Å². The van der Waals surface area contributed by atoms with Crippen molar-refractivity contribution in [3.05, 3.63) is 16.1 Å². The molecule has 1 atom stereocenters. The average molecular weight is 253 g/mol. The number of hydrogen-bond donors (Lipinski definition) is 2. The van der Waals surface area contributed by atoms with E-state index < -0.39 is 0 Å². The van der Waals surface area contributed by atoms with Gasteiger partial charge in [0.25, 0.3) is 0 Å². The van der Waals surface area contributed by atoms with Gasteiger partial charge in [-0.3, -0.25) is 0 Å². The van der Waals surface area contributed by atoms with Crippen LogP contribution in [0.2, 0.25) is 0 Å². The van der Waals surface area contributed by atoms with Gasteiger partial charge in [-0.05, 0) is 32.7 Å². The highest BCUT2D eigenvalue weighted by Crippen LogP contribution is 2.24. The van der Waals surface area contributed by atoms with Crippen LogP contribution in [0.4, 0.5) is 0 Å². The summed E-state index contributed by atoms with van der Waals surface area (Å²) >= 11 is 1.79. The van der Waals surface area contributed by atoms with Crippen LogP contribution in [-0.4, -0.2) is 23.6 Å². The number of hydrogen-bond acceptors (Lipinski definition) is 4. The van der Waals surface area contributed by atoms with Crippen molar-refractivity contribution >= 4 is 11.3 Å². The fraction of sp³-hybridized carbons (Fsp3) is 0.769. The number of thiazole rings is 1. The van der Waals surface area contributed by atoms with Gasteiger partial charge in [-0.15, -0.1) is 11.3 Å². The summed E-state index contributed by atoms with van der Waals surface area (Å²) in [5.41, 5.74) is 0.348. The molecule has 0 aliphatic carbocycles. The molecule has 0 aromatic carbocycles. The lowest BCUT2D eigenvalue weighted by Crippen LogP contribution is -2.48. The van der Waals surface area contributed by atoms with Crippen LogP contribution in [-0.2, 0) is 6.54 Å². The Bertz CT molecular complexity index is 342. The van der Waals surface area contributed by atoms with Crippen molar-refractivity contribution in [2.75, 3.05) is 13.1 Å². The fourth-order valence-corrected chi connectivity index (χ4v) is 3.45. The molecular formula is C13H23N3S. The molecule has 1 aromatic rings. The minimum absolute atomic E-state index is 0.348. The Balaban J connectivity index is 1.79. The lowest BCUT2D eigenvalue weighted by atomic mass is 9.92. The van der Waals surface area contributed by atoms with Gasteiger partial charge in [0.2, 0.25) is 0 Å². The quantitative estimate of drug-likeness (QED) is 0.818. The van der Waals surface area contributed by atoms with Gasteiger partial charge in [0.15, 0.2) is 0 Å². The number of nitrogens with zero attached hydrogens (tertiary/aromatic N) is 1. The van der Waals surface area contributed by atoms with Crippen molar-refractivity contribution < 1.29 is 0 Å². The van der Waals surface area contributed by atoms with E-state index >= 15 is 0 Å². The summed E-state index contributed by atoms with van der Waals surface area (Å²) < 4.78 is 0. The normalized spacial score (nSPS) is 24.4. The zero-order valence-electron chi connectivity index (χ0n) is 10.9. The van der Waals surface area contributed by atoms with E-state index in [1.807, 2.05) is 6.20 Å². The molecule has 0 amide bonds. The van der Waals surface area contributed by atoms with Crippen LogP contribution in [0.5, 0.6) is 0 Å². The van der Waals surface area contributed by atoms with Crippen molar-refractivity contribution in [1.29, 1.82) is 0 Å². The summed E-state index contributed by atoms with van der Waals surface area (Å²) in [4.78, 5) is 5.68. The summed E-state index contributed by atoms with van der Waals surface area (Å²) in [6.07, 6.45) is 7.11. The van der Waals surface area contributed by atoms with E-state index in [4.69, 9.17) is 0 Å². The molecule has 0 bridgehead atoms. The average Bonchev–Trinajstić information content (AvgIpc) is 2.90. The minimum atomic E-state index is 0.348. The maximum atomic E-state index is 4.38. The highest BCUT2D eigenvalue weighted by molar-refractivity contribution is 7.11. The van der Waals surface area contributed by atoms with Gasteiger partial charge in [0, 0.05) is 29.7 Å². The van der Waals surface area contributed by atoms with E-state index in [-0.39, 0.29) is 0 Å². The fourth-order valence-electron chi connectivity index (χ4n) is 2.69. The Morgan fingerprint density at radius 3 is 3.06 bits per heavy atom. The minimum Gasteiger partial charge on any atom is -0.310 e.